The predicted molar refractivity (Wildman–Crippen MR) is 112 cm³/mol. The first-order valence-corrected chi connectivity index (χ1v) is 9.68. The van der Waals surface area contributed by atoms with Crippen LogP contribution in [0.5, 0.6) is 11.6 Å². The molecule has 7 nitrogen and oxygen atoms in total. The van der Waals surface area contributed by atoms with Crippen LogP contribution in [-0.4, -0.2) is 25.7 Å². The van der Waals surface area contributed by atoms with Crippen LogP contribution in [0.4, 0.5) is 10.1 Å². The topological polar surface area (TPSA) is 81.9 Å². The van der Waals surface area contributed by atoms with Crippen molar-refractivity contribution in [1.82, 2.24) is 19.7 Å². The van der Waals surface area contributed by atoms with E-state index in [0.29, 0.717) is 28.8 Å². The number of nitrogens with zero attached hydrogens (tertiary/aromatic N) is 4. The van der Waals surface area contributed by atoms with Gasteiger partial charge in [-0.25, -0.2) is 19.0 Å². The van der Waals surface area contributed by atoms with Crippen LogP contribution in [0.3, 0.4) is 0 Å². The number of aromatic nitrogens is 4. The van der Waals surface area contributed by atoms with Crippen LogP contribution in [0, 0.1) is 12.7 Å². The second kappa shape index (κ2) is 8.42. The highest BCUT2D eigenvalue weighted by atomic mass is 79.9. The highest BCUT2D eigenvalue weighted by Crippen LogP contribution is 2.23. The van der Waals surface area contributed by atoms with E-state index in [1.165, 1.54) is 23.0 Å². The van der Waals surface area contributed by atoms with Crippen molar-refractivity contribution in [3.63, 3.8) is 0 Å². The summed E-state index contributed by atoms with van der Waals surface area (Å²) >= 11 is 3.38. The first-order valence-electron chi connectivity index (χ1n) is 8.88. The van der Waals surface area contributed by atoms with Gasteiger partial charge in [-0.2, -0.15) is 0 Å². The second-order valence-electron chi connectivity index (χ2n) is 6.27. The molecule has 150 valence electrons. The molecule has 30 heavy (non-hydrogen) atoms. The van der Waals surface area contributed by atoms with Gasteiger partial charge < -0.3 is 10.1 Å². The Bertz CT molecular complexity index is 1190. The van der Waals surface area contributed by atoms with E-state index < -0.39 is 5.91 Å². The van der Waals surface area contributed by atoms with Crippen molar-refractivity contribution in [2.75, 3.05) is 5.32 Å². The van der Waals surface area contributed by atoms with Gasteiger partial charge in [0.25, 0.3) is 5.91 Å². The zero-order valence-electron chi connectivity index (χ0n) is 15.7. The van der Waals surface area contributed by atoms with E-state index in [-0.39, 0.29) is 11.6 Å². The zero-order valence-corrected chi connectivity index (χ0v) is 17.3. The fourth-order valence-electron chi connectivity index (χ4n) is 2.67. The van der Waals surface area contributed by atoms with Crippen molar-refractivity contribution in [3.8, 4) is 17.3 Å². The summed E-state index contributed by atoms with van der Waals surface area (Å²) < 4.78 is 21.2. The maximum Gasteiger partial charge on any atom is 0.295 e. The van der Waals surface area contributed by atoms with Crippen LogP contribution in [0.15, 0.2) is 71.3 Å². The van der Waals surface area contributed by atoms with Crippen LogP contribution in [0.1, 0.15) is 16.4 Å². The van der Waals surface area contributed by atoms with E-state index in [0.717, 1.165) is 4.47 Å². The number of carbonyl (C=O) groups is 1. The zero-order chi connectivity index (χ0) is 21.1. The molecule has 0 aliphatic rings. The second-order valence-corrected chi connectivity index (χ2v) is 7.19. The van der Waals surface area contributed by atoms with E-state index in [9.17, 15) is 9.18 Å². The van der Waals surface area contributed by atoms with Crippen LogP contribution in [0.25, 0.3) is 5.69 Å². The number of amides is 1. The summed E-state index contributed by atoms with van der Waals surface area (Å²) in [6, 6.07) is 16.5. The van der Waals surface area contributed by atoms with Gasteiger partial charge in [-0.05, 0) is 55.5 Å². The molecule has 0 unspecified atom stereocenters. The number of benzene rings is 2. The number of nitrogens with one attached hydrogen (secondary N) is 1. The van der Waals surface area contributed by atoms with Crippen molar-refractivity contribution in [3.05, 3.63) is 88.8 Å². The van der Waals surface area contributed by atoms with E-state index in [4.69, 9.17) is 4.74 Å². The lowest BCUT2D eigenvalue weighted by Crippen LogP contribution is -2.14. The molecule has 2 heterocycles. The highest BCUT2D eigenvalue weighted by molar-refractivity contribution is 9.10. The molecule has 0 spiro atoms. The first kappa shape index (κ1) is 19.7. The summed E-state index contributed by atoms with van der Waals surface area (Å²) in [5.41, 5.74) is 1.08. The lowest BCUT2D eigenvalue weighted by atomic mass is 10.3. The average molecular weight is 468 g/mol. The summed E-state index contributed by atoms with van der Waals surface area (Å²) in [5.74, 6) is 0.685. The molecule has 0 aliphatic heterocycles. The molecule has 4 aromatic rings. The van der Waals surface area contributed by atoms with E-state index in [1.54, 1.807) is 31.2 Å². The van der Waals surface area contributed by atoms with Gasteiger partial charge in [0.2, 0.25) is 11.7 Å². The molecular formula is C21H15BrFN5O2. The van der Waals surface area contributed by atoms with Gasteiger partial charge in [0.15, 0.2) is 0 Å². The third kappa shape index (κ3) is 4.52. The van der Waals surface area contributed by atoms with Gasteiger partial charge in [-0.1, -0.05) is 22.0 Å². The quantitative estimate of drug-likeness (QED) is 0.450. The van der Waals surface area contributed by atoms with E-state index in [2.05, 4.69) is 36.3 Å². The Morgan fingerprint density at radius 2 is 1.93 bits per heavy atom. The summed E-state index contributed by atoms with van der Waals surface area (Å²) in [4.78, 5) is 20.9. The molecule has 0 atom stereocenters. The van der Waals surface area contributed by atoms with Gasteiger partial charge in [-0.15, -0.1) is 5.10 Å². The summed E-state index contributed by atoms with van der Waals surface area (Å²) in [6.45, 7) is 1.71. The number of hydrogen-bond donors (Lipinski definition) is 1. The number of halogens is 2. The Morgan fingerprint density at radius 1 is 1.13 bits per heavy atom. The summed E-state index contributed by atoms with van der Waals surface area (Å²) in [6.07, 6.45) is 1.48. The van der Waals surface area contributed by atoms with Crippen molar-refractivity contribution in [1.29, 1.82) is 0 Å². The molecule has 9 heteroatoms. The van der Waals surface area contributed by atoms with E-state index >= 15 is 0 Å². The fourth-order valence-corrected chi connectivity index (χ4v) is 3.04. The molecule has 0 saturated heterocycles. The maximum atomic E-state index is 13.1. The van der Waals surface area contributed by atoms with Crippen molar-refractivity contribution >= 4 is 27.5 Å². The number of pyridine rings is 1. The van der Waals surface area contributed by atoms with Crippen LogP contribution in [-0.2, 0) is 0 Å². The maximum absolute atomic E-state index is 13.1. The molecule has 0 aliphatic carbocycles. The van der Waals surface area contributed by atoms with Crippen molar-refractivity contribution < 1.29 is 13.9 Å². The Hall–Kier alpha value is -3.59. The predicted octanol–water partition coefficient (Wildman–Crippen LogP) is 4.92. The minimum Gasteiger partial charge on any atom is -0.439 e. The Kier molecular flexibility index (Phi) is 5.53. The Labute approximate surface area is 179 Å². The number of aryl methyl sites for hydroxylation is 1. The molecule has 2 aromatic carbocycles. The smallest absolute Gasteiger partial charge is 0.295 e. The molecule has 0 saturated carbocycles. The largest absolute Gasteiger partial charge is 0.439 e. The Balaban J connectivity index is 1.45. The molecule has 0 fully saturated rings. The molecule has 1 N–H and O–H groups in total. The average Bonchev–Trinajstić information content (AvgIpc) is 3.12. The van der Waals surface area contributed by atoms with Gasteiger partial charge in [0.1, 0.15) is 17.4 Å². The fraction of sp³-hybridized carbons (Fsp3) is 0.0476. The SMILES string of the molecule is Cc1nc(C(=O)Nc2ccc(Oc3cccc(Br)c3)nc2)nn1-c1ccc(F)cc1. The third-order valence-electron chi connectivity index (χ3n) is 4.06. The third-order valence-corrected chi connectivity index (χ3v) is 4.55. The molecular weight excluding hydrogens is 453 g/mol. The minimum atomic E-state index is -0.485. The Morgan fingerprint density at radius 3 is 2.63 bits per heavy atom. The van der Waals surface area contributed by atoms with Crippen LogP contribution >= 0.6 is 15.9 Å². The van der Waals surface area contributed by atoms with E-state index in [1.807, 2.05) is 24.3 Å². The number of rotatable bonds is 5. The van der Waals surface area contributed by atoms with Gasteiger partial charge in [0.05, 0.1) is 17.6 Å². The summed E-state index contributed by atoms with van der Waals surface area (Å²) in [7, 11) is 0. The molecule has 0 bridgehead atoms. The number of ether oxygens (including phenoxy) is 1. The van der Waals surface area contributed by atoms with Gasteiger partial charge in [0, 0.05) is 10.5 Å². The van der Waals surface area contributed by atoms with Crippen LogP contribution in [0.2, 0.25) is 0 Å². The highest BCUT2D eigenvalue weighted by Gasteiger charge is 2.16. The molecule has 0 radical (unpaired) electrons. The number of carbonyl (C=O) groups excluding carboxylic acids is 1. The molecule has 4 rings (SSSR count). The number of anilines is 1. The number of hydrogen-bond acceptors (Lipinski definition) is 5. The molecule has 1 amide bonds. The van der Waals surface area contributed by atoms with Gasteiger partial charge in [-0.3, -0.25) is 4.79 Å². The normalized spacial score (nSPS) is 10.6. The summed E-state index contributed by atoms with van der Waals surface area (Å²) in [5, 5.41) is 6.91. The van der Waals surface area contributed by atoms with Crippen LogP contribution < -0.4 is 10.1 Å². The first-order chi connectivity index (χ1) is 14.5. The molecule has 2 aromatic heterocycles. The minimum absolute atomic E-state index is 0.00807. The van der Waals surface area contributed by atoms with Crippen molar-refractivity contribution in [2.45, 2.75) is 6.92 Å². The monoisotopic (exact) mass is 467 g/mol. The van der Waals surface area contributed by atoms with Crippen molar-refractivity contribution in [2.24, 2.45) is 0 Å². The standard InChI is InChI=1S/C21H15BrFN5O2/c1-13-25-20(27-28(13)17-8-5-15(23)6-9-17)21(29)26-16-7-10-19(24-12-16)30-18-4-2-3-14(22)11-18/h2-12H,1H3,(H,26,29). The lowest BCUT2D eigenvalue weighted by Gasteiger charge is -2.06. The van der Waals surface area contributed by atoms with Gasteiger partial charge >= 0.3 is 0 Å². The lowest BCUT2D eigenvalue weighted by molar-refractivity contribution is 0.101.